The number of anilines is 1. The van der Waals surface area contributed by atoms with E-state index in [-0.39, 0.29) is 17.9 Å². The van der Waals surface area contributed by atoms with Gasteiger partial charge in [0.15, 0.2) is 5.71 Å². The number of nitrogens with zero attached hydrogens (tertiary/aromatic N) is 2. The Morgan fingerprint density at radius 1 is 1.22 bits per heavy atom. The van der Waals surface area contributed by atoms with Crippen molar-refractivity contribution in [1.82, 2.24) is 0 Å². The number of ether oxygens (including phenoxy) is 2. The van der Waals surface area contributed by atoms with Crippen molar-refractivity contribution in [2.24, 2.45) is 5.10 Å². The largest absolute Gasteiger partial charge is 0.496 e. The Bertz CT molecular complexity index is 938. The quantitative estimate of drug-likeness (QED) is 0.536. The molecule has 1 amide bonds. The van der Waals surface area contributed by atoms with Gasteiger partial charge in [-0.25, -0.2) is 4.79 Å². The Morgan fingerprint density at radius 2 is 1.96 bits per heavy atom. The molecule has 2 aromatic carbocycles. The minimum atomic E-state index is -0.636. The summed E-state index contributed by atoms with van der Waals surface area (Å²) in [7, 11) is 1.57. The van der Waals surface area contributed by atoms with Crippen LogP contribution in [0, 0.1) is 0 Å². The summed E-state index contributed by atoms with van der Waals surface area (Å²) in [6.07, 6.45) is 1.62. The highest BCUT2D eigenvalue weighted by Crippen LogP contribution is 2.29. The number of benzene rings is 2. The summed E-state index contributed by atoms with van der Waals surface area (Å²) in [6, 6.07) is 14.3. The normalized spacial score (nSPS) is 15.1. The van der Waals surface area contributed by atoms with E-state index in [2.05, 4.69) is 21.0 Å². The van der Waals surface area contributed by atoms with Crippen LogP contribution in [0.3, 0.4) is 0 Å². The summed E-state index contributed by atoms with van der Waals surface area (Å²) in [5.74, 6) is -0.362. The summed E-state index contributed by atoms with van der Waals surface area (Å²) in [6.45, 7) is 1.90. The molecule has 0 aliphatic carbocycles. The molecule has 0 atom stereocenters. The molecule has 1 aliphatic rings. The number of para-hydroxylation sites is 1. The molecule has 0 spiro atoms. The lowest BCUT2D eigenvalue weighted by molar-refractivity contribution is -0.135. The molecule has 0 saturated carbocycles. The van der Waals surface area contributed by atoms with E-state index >= 15 is 0 Å². The number of hydrazone groups is 1. The molecule has 0 fully saturated rings. The number of rotatable bonds is 5. The first-order valence-corrected chi connectivity index (χ1v) is 9.05. The lowest BCUT2D eigenvalue weighted by Gasteiger charge is -2.10. The van der Waals surface area contributed by atoms with Crippen LogP contribution in [0.2, 0.25) is 0 Å². The Labute approximate surface area is 165 Å². The van der Waals surface area contributed by atoms with E-state index in [1.165, 1.54) is 5.01 Å². The maximum absolute atomic E-state index is 12.9. The van der Waals surface area contributed by atoms with Gasteiger partial charge in [-0.3, -0.25) is 4.79 Å². The number of hydrogen-bond donors (Lipinski definition) is 0. The molecule has 27 heavy (non-hydrogen) atoms. The summed E-state index contributed by atoms with van der Waals surface area (Å²) in [4.78, 5) is 25.3. The lowest BCUT2D eigenvalue weighted by atomic mass is 10.1. The third-order valence-corrected chi connectivity index (χ3v) is 4.45. The minimum Gasteiger partial charge on any atom is -0.496 e. The van der Waals surface area contributed by atoms with Crippen molar-refractivity contribution < 1.29 is 19.1 Å². The number of methoxy groups -OCH3 is 1. The monoisotopic (exact) mass is 428 g/mol. The topological polar surface area (TPSA) is 68.2 Å². The second-order valence-electron chi connectivity index (χ2n) is 5.57. The maximum atomic E-state index is 12.9. The number of halogens is 1. The summed E-state index contributed by atoms with van der Waals surface area (Å²) >= 11 is 3.42. The van der Waals surface area contributed by atoms with Gasteiger partial charge in [0.1, 0.15) is 5.75 Å². The van der Waals surface area contributed by atoms with Crippen LogP contribution in [0.15, 0.2) is 63.7 Å². The van der Waals surface area contributed by atoms with Crippen LogP contribution in [0.1, 0.15) is 12.5 Å². The first-order valence-electron chi connectivity index (χ1n) is 8.26. The van der Waals surface area contributed by atoms with Crippen LogP contribution in [-0.4, -0.2) is 31.3 Å². The van der Waals surface area contributed by atoms with E-state index in [1.54, 1.807) is 62.6 Å². The molecule has 0 bridgehead atoms. The number of carbonyl (C=O) groups excluding carboxylic acids is 2. The first-order chi connectivity index (χ1) is 13.0. The van der Waals surface area contributed by atoms with Gasteiger partial charge >= 0.3 is 5.97 Å². The Morgan fingerprint density at radius 3 is 2.59 bits per heavy atom. The van der Waals surface area contributed by atoms with Crippen molar-refractivity contribution in [1.29, 1.82) is 0 Å². The molecular formula is C20H17BrN2O4. The average molecular weight is 429 g/mol. The van der Waals surface area contributed by atoms with E-state index in [4.69, 9.17) is 9.47 Å². The Balaban J connectivity index is 2.04. The number of esters is 1. The van der Waals surface area contributed by atoms with Crippen LogP contribution in [0.5, 0.6) is 5.75 Å². The molecule has 3 rings (SSSR count). The summed E-state index contributed by atoms with van der Waals surface area (Å²) in [5.41, 5.74) is 1.45. The zero-order valence-electron chi connectivity index (χ0n) is 14.8. The summed E-state index contributed by atoms with van der Waals surface area (Å²) in [5, 5.41) is 5.42. The molecule has 138 valence electrons. The minimum absolute atomic E-state index is 0.0161. The van der Waals surface area contributed by atoms with Gasteiger partial charge in [0, 0.05) is 0 Å². The molecule has 0 saturated heterocycles. The Hall–Kier alpha value is -2.93. The van der Waals surface area contributed by atoms with Gasteiger partial charge in [-0.05, 0) is 58.8 Å². The van der Waals surface area contributed by atoms with E-state index in [9.17, 15) is 9.59 Å². The highest BCUT2D eigenvalue weighted by atomic mass is 79.9. The third-order valence-electron chi connectivity index (χ3n) is 3.83. The highest BCUT2D eigenvalue weighted by molar-refractivity contribution is 9.10. The van der Waals surface area contributed by atoms with Crippen LogP contribution < -0.4 is 9.75 Å². The number of amides is 1. The summed E-state index contributed by atoms with van der Waals surface area (Å²) < 4.78 is 11.0. The molecule has 0 radical (unpaired) electrons. The smallest absolute Gasteiger partial charge is 0.359 e. The molecule has 1 aliphatic heterocycles. The highest BCUT2D eigenvalue weighted by Gasteiger charge is 2.35. The Kier molecular flexibility index (Phi) is 5.71. The molecule has 6 nitrogen and oxygen atoms in total. The predicted molar refractivity (Wildman–Crippen MR) is 107 cm³/mol. The van der Waals surface area contributed by atoms with Crippen molar-refractivity contribution in [2.45, 2.75) is 6.92 Å². The van der Waals surface area contributed by atoms with Crippen LogP contribution in [-0.2, 0) is 14.3 Å². The van der Waals surface area contributed by atoms with Gasteiger partial charge in [0.2, 0.25) is 0 Å². The molecule has 7 heteroatoms. The van der Waals surface area contributed by atoms with Gasteiger partial charge < -0.3 is 9.47 Å². The van der Waals surface area contributed by atoms with E-state index in [0.717, 1.165) is 10.0 Å². The average Bonchev–Trinajstić information content (AvgIpc) is 2.99. The fourth-order valence-corrected chi connectivity index (χ4v) is 3.14. The van der Waals surface area contributed by atoms with Gasteiger partial charge in [-0.15, -0.1) is 0 Å². The van der Waals surface area contributed by atoms with E-state index in [1.807, 2.05) is 6.07 Å². The zero-order valence-corrected chi connectivity index (χ0v) is 16.4. The fourth-order valence-electron chi connectivity index (χ4n) is 2.58. The molecule has 0 unspecified atom stereocenters. The van der Waals surface area contributed by atoms with Crippen molar-refractivity contribution in [2.75, 3.05) is 18.7 Å². The standard InChI is InChI=1S/C20H17BrN2O4/c1-3-27-20(25)18-15(11-13-9-10-17(26-2)16(21)12-13)19(24)23(22-18)14-7-5-4-6-8-14/h4-12H,3H2,1-2H3/b15-11-. The molecule has 1 heterocycles. The van der Waals surface area contributed by atoms with Gasteiger partial charge in [-0.1, -0.05) is 24.3 Å². The van der Waals surface area contributed by atoms with Gasteiger partial charge in [-0.2, -0.15) is 10.1 Å². The van der Waals surface area contributed by atoms with Crippen molar-refractivity contribution in [3.8, 4) is 5.75 Å². The van der Waals surface area contributed by atoms with Crippen molar-refractivity contribution >= 4 is 45.3 Å². The predicted octanol–water partition coefficient (Wildman–Crippen LogP) is 3.81. The van der Waals surface area contributed by atoms with Crippen LogP contribution >= 0.6 is 15.9 Å². The van der Waals surface area contributed by atoms with Crippen LogP contribution in [0.25, 0.3) is 6.08 Å². The van der Waals surface area contributed by atoms with Gasteiger partial charge in [0.25, 0.3) is 5.91 Å². The zero-order chi connectivity index (χ0) is 19.4. The SMILES string of the molecule is CCOC(=O)C1=NN(c2ccccc2)C(=O)/C1=C\c1ccc(OC)c(Br)c1. The molecule has 0 N–H and O–H groups in total. The lowest BCUT2D eigenvalue weighted by Crippen LogP contribution is -2.22. The van der Waals surface area contributed by atoms with Crippen molar-refractivity contribution in [3.63, 3.8) is 0 Å². The molecular weight excluding hydrogens is 412 g/mol. The van der Waals surface area contributed by atoms with Crippen LogP contribution in [0.4, 0.5) is 5.69 Å². The van der Waals surface area contributed by atoms with Gasteiger partial charge in [0.05, 0.1) is 29.4 Å². The third kappa shape index (κ3) is 3.93. The van der Waals surface area contributed by atoms with E-state index < -0.39 is 11.9 Å². The molecule has 2 aromatic rings. The number of carbonyl (C=O) groups is 2. The maximum Gasteiger partial charge on any atom is 0.359 e. The van der Waals surface area contributed by atoms with Crippen molar-refractivity contribution in [3.05, 3.63) is 64.1 Å². The number of hydrogen-bond acceptors (Lipinski definition) is 5. The van der Waals surface area contributed by atoms with E-state index in [0.29, 0.717) is 11.4 Å². The molecule has 0 aromatic heterocycles. The second kappa shape index (κ2) is 8.18. The fraction of sp³-hybridized carbons (Fsp3) is 0.150. The second-order valence-corrected chi connectivity index (χ2v) is 6.43. The first kappa shape index (κ1) is 18.8.